The maximum absolute atomic E-state index is 10.7. The SMILES string of the molecule is C=C(CC(=O)O)c1c(OC)cc(C)c(Cl)c1C. The number of rotatable bonds is 4. The lowest BCUT2D eigenvalue weighted by molar-refractivity contribution is -0.135. The van der Waals surface area contributed by atoms with Crippen molar-refractivity contribution in [1.82, 2.24) is 0 Å². The Bertz CT molecular complexity index is 478. The Morgan fingerprint density at radius 1 is 1.53 bits per heavy atom. The largest absolute Gasteiger partial charge is 0.496 e. The highest BCUT2D eigenvalue weighted by molar-refractivity contribution is 6.32. The molecule has 1 rings (SSSR count). The molecule has 0 amide bonds. The fourth-order valence-corrected chi connectivity index (χ4v) is 1.94. The summed E-state index contributed by atoms with van der Waals surface area (Å²) in [6.07, 6.45) is -0.128. The monoisotopic (exact) mass is 254 g/mol. The van der Waals surface area contributed by atoms with Gasteiger partial charge in [-0.1, -0.05) is 18.2 Å². The van der Waals surface area contributed by atoms with Crippen LogP contribution in [0.1, 0.15) is 23.1 Å². The third kappa shape index (κ3) is 2.80. The lowest BCUT2D eigenvalue weighted by Gasteiger charge is -2.16. The molecular formula is C13H15ClO3. The third-order valence-electron chi connectivity index (χ3n) is 2.58. The Labute approximate surface area is 106 Å². The number of carboxylic acids is 1. The summed E-state index contributed by atoms with van der Waals surface area (Å²) in [5.74, 6) is -0.316. The van der Waals surface area contributed by atoms with Crippen LogP contribution in [0.15, 0.2) is 12.6 Å². The Balaban J connectivity index is 3.35. The fraction of sp³-hybridized carbons (Fsp3) is 0.308. The van der Waals surface area contributed by atoms with Gasteiger partial charge in [-0.3, -0.25) is 4.79 Å². The number of carboxylic acid groups (broad SMARTS) is 1. The van der Waals surface area contributed by atoms with Crippen molar-refractivity contribution in [3.8, 4) is 5.75 Å². The molecule has 92 valence electrons. The van der Waals surface area contributed by atoms with Gasteiger partial charge in [0.2, 0.25) is 0 Å². The molecule has 0 unspecified atom stereocenters. The van der Waals surface area contributed by atoms with E-state index >= 15 is 0 Å². The molecule has 1 aromatic rings. The van der Waals surface area contributed by atoms with E-state index < -0.39 is 5.97 Å². The zero-order valence-electron chi connectivity index (χ0n) is 10.1. The number of halogens is 1. The van der Waals surface area contributed by atoms with E-state index in [-0.39, 0.29) is 6.42 Å². The zero-order valence-corrected chi connectivity index (χ0v) is 10.9. The number of methoxy groups -OCH3 is 1. The van der Waals surface area contributed by atoms with Gasteiger partial charge in [0.05, 0.1) is 13.5 Å². The molecule has 0 spiro atoms. The van der Waals surface area contributed by atoms with Gasteiger partial charge in [-0.25, -0.2) is 0 Å². The third-order valence-corrected chi connectivity index (χ3v) is 3.16. The van der Waals surface area contributed by atoms with E-state index in [2.05, 4.69) is 6.58 Å². The van der Waals surface area contributed by atoms with E-state index in [4.69, 9.17) is 21.4 Å². The quantitative estimate of drug-likeness (QED) is 0.895. The van der Waals surface area contributed by atoms with E-state index in [9.17, 15) is 4.79 Å². The second-order valence-electron chi connectivity index (χ2n) is 3.88. The average molecular weight is 255 g/mol. The molecule has 1 N–H and O–H groups in total. The summed E-state index contributed by atoms with van der Waals surface area (Å²) in [5, 5.41) is 9.41. The van der Waals surface area contributed by atoms with E-state index in [1.165, 1.54) is 0 Å². The highest BCUT2D eigenvalue weighted by Crippen LogP contribution is 2.36. The number of aryl methyl sites for hydroxylation is 1. The Kier molecular flexibility index (Phi) is 4.18. The lowest BCUT2D eigenvalue weighted by atomic mass is 9.96. The molecule has 0 fully saturated rings. The minimum absolute atomic E-state index is 0.128. The van der Waals surface area contributed by atoms with Gasteiger partial charge in [-0.15, -0.1) is 0 Å². The summed E-state index contributed by atoms with van der Waals surface area (Å²) < 4.78 is 5.25. The van der Waals surface area contributed by atoms with Gasteiger partial charge < -0.3 is 9.84 Å². The van der Waals surface area contributed by atoms with Crippen LogP contribution < -0.4 is 4.74 Å². The maximum Gasteiger partial charge on any atom is 0.307 e. The van der Waals surface area contributed by atoms with E-state index in [0.29, 0.717) is 21.9 Å². The van der Waals surface area contributed by atoms with Crippen molar-refractivity contribution in [2.24, 2.45) is 0 Å². The Morgan fingerprint density at radius 3 is 2.59 bits per heavy atom. The van der Waals surface area contributed by atoms with Gasteiger partial charge >= 0.3 is 5.97 Å². The smallest absolute Gasteiger partial charge is 0.307 e. The normalized spacial score (nSPS) is 10.1. The first-order valence-electron chi connectivity index (χ1n) is 5.12. The minimum Gasteiger partial charge on any atom is -0.496 e. The molecule has 0 radical (unpaired) electrons. The van der Waals surface area contributed by atoms with Crippen molar-refractivity contribution >= 4 is 23.1 Å². The van der Waals surface area contributed by atoms with E-state index in [1.807, 2.05) is 13.8 Å². The number of ether oxygens (including phenoxy) is 1. The summed E-state index contributed by atoms with van der Waals surface area (Å²) in [6, 6.07) is 1.79. The molecule has 1 aromatic carbocycles. The number of carbonyl (C=O) groups is 1. The number of hydrogen-bond acceptors (Lipinski definition) is 2. The molecule has 0 aliphatic carbocycles. The molecule has 0 bridgehead atoms. The highest BCUT2D eigenvalue weighted by atomic mass is 35.5. The first-order valence-corrected chi connectivity index (χ1v) is 5.50. The molecule has 0 aromatic heterocycles. The van der Waals surface area contributed by atoms with Gasteiger partial charge in [0, 0.05) is 10.6 Å². The lowest BCUT2D eigenvalue weighted by Crippen LogP contribution is -2.01. The van der Waals surface area contributed by atoms with Crippen LogP contribution in [0.3, 0.4) is 0 Å². The van der Waals surface area contributed by atoms with Crippen LogP contribution >= 0.6 is 11.6 Å². The summed E-state index contributed by atoms with van der Waals surface area (Å²) in [5.41, 5.74) is 2.88. The van der Waals surface area contributed by atoms with Crippen LogP contribution in [0, 0.1) is 13.8 Å². The molecular weight excluding hydrogens is 240 g/mol. The van der Waals surface area contributed by atoms with Gasteiger partial charge in [0.15, 0.2) is 0 Å². The molecule has 17 heavy (non-hydrogen) atoms. The van der Waals surface area contributed by atoms with E-state index in [0.717, 1.165) is 11.1 Å². The van der Waals surface area contributed by atoms with Gasteiger partial charge in [0.25, 0.3) is 0 Å². The predicted octanol–water partition coefficient (Wildman–Crippen LogP) is 3.45. The summed E-state index contributed by atoms with van der Waals surface area (Å²) in [7, 11) is 1.54. The number of aliphatic carboxylic acids is 1. The molecule has 3 nitrogen and oxygen atoms in total. The molecule has 0 heterocycles. The van der Waals surface area contributed by atoms with Gasteiger partial charge in [-0.2, -0.15) is 0 Å². The summed E-state index contributed by atoms with van der Waals surface area (Å²) >= 11 is 6.15. The second-order valence-corrected chi connectivity index (χ2v) is 4.26. The molecule has 0 saturated carbocycles. The summed E-state index contributed by atoms with van der Waals surface area (Å²) in [4.78, 5) is 10.7. The zero-order chi connectivity index (χ0) is 13.2. The fourth-order valence-electron chi connectivity index (χ4n) is 1.79. The average Bonchev–Trinajstić information content (AvgIpc) is 2.23. The van der Waals surface area contributed by atoms with Crippen LogP contribution in [0.5, 0.6) is 5.75 Å². The van der Waals surface area contributed by atoms with Crippen molar-refractivity contribution in [2.75, 3.05) is 7.11 Å². The van der Waals surface area contributed by atoms with Crippen LogP contribution in [-0.2, 0) is 4.79 Å². The van der Waals surface area contributed by atoms with Crippen LogP contribution in [0.25, 0.3) is 5.57 Å². The maximum atomic E-state index is 10.7. The topological polar surface area (TPSA) is 46.5 Å². The van der Waals surface area contributed by atoms with Crippen molar-refractivity contribution in [3.63, 3.8) is 0 Å². The van der Waals surface area contributed by atoms with Crippen molar-refractivity contribution < 1.29 is 14.6 Å². The molecule has 0 saturated heterocycles. The predicted molar refractivity (Wildman–Crippen MR) is 68.8 cm³/mol. The van der Waals surface area contributed by atoms with Crippen LogP contribution in [-0.4, -0.2) is 18.2 Å². The molecule has 0 aliphatic heterocycles. The number of benzene rings is 1. The van der Waals surface area contributed by atoms with Gasteiger partial charge in [0.1, 0.15) is 5.75 Å². The molecule has 0 aliphatic rings. The van der Waals surface area contributed by atoms with Crippen LogP contribution in [0.2, 0.25) is 5.02 Å². The molecule has 0 atom stereocenters. The minimum atomic E-state index is -0.923. The van der Waals surface area contributed by atoms with Crippen LogP contribution in [0.4, 0.5) is 0 Å². The Morgan fingerprint density at radius 2 is 2.12 bits per heavy atom. The summed E-state index contributed by atoms with van der Waals surface area (Å²) in [6.45, 7) is 7.50. The van der Waals surface area contributed by atoms with Crippen molar-refractivity contribution in [2.45, 2.75) is 20.3 Å². The first kappa shape index (κ1) is 13.6. The Hall–Kier alpha value is -1.48. The highest BCUT2D eigenvalue weighted by Gasteiger charge is 2.16. The van der Waals surface area contributed by atoms with Crippen molar-refractivity contribution in [3.05, 3.63) is 34.4 Å². The van der Waals surface area contributed by atoms with E-state index in [1.54, 1.807) is 13.2 Å². The first-order chi connectivity index (χ1) is 7.88. The van der Waals surface area contributed by atoms with Crippen molar-refractivity contribution in [1.29, 1.82) is 0 Å². The van der Waals surface area contributed by atoms with Gasteiger partial charge in [-0.05, 0) is 36.6 Å². The molecule has 4 heteroatoms. The standard InChI is InChI=1S/C13H15ClO3/c1-7(6-11(15)16)12-9(3)13(14)8(2)5-10(12)17-4/h5H,1,6H2,2-4H3,(H,15,16). The second kappa shape index (κ2) is 5.23. The number of hydrogen-bond donors (Lipinski definition) is 1.